The van der Waals surface area contributed by atoms with E-state index in [0.717, 1.165) is 5.69 Å². The molecule has 0 unspecified atom stereocenters. The first-order valence-electron chi connectivity index (χ1n) is 5.09. The second kappa shape index (κ2) is 5.10. The van der Waals surface area contributed by atoms with Crippen molar-refractivity contribution in [1.29, 1.82) is 0 Å². The van der Waals surface area contributed by atoms with Gasteiger partial charge < -0.3 is 5.32 Å². The third kappa shape index (κ3) is 3.01. The molecule has 2 aromatic heterocycles. The first kappa shape index (κ1) is 12.4. The summed E-state index contributed by atoms with van der Waals surface area (Å²) in [6, 6.07) is 1.37. The van der Waals surface area contributed by atoms with Gasteiger partial charge in [-0.3, -0.25) is 0 Å². The Kier molecular flexibility index (Phi) is 3.73. The van der Waals surface area contributed by atoms with Gasteiger partial charge in [-0.05, 0) is 27.9 Å². The van der Waals surface area contributed by atoms with Gasteiger partial charge in [0, 0.05) is 16.0 Å². The molecule has 17 heavy (non-hydrogen) atoms. The Morgan fingerprint density at radius 1 is 1.47 bits per heavy atom. The van der Waals surface area contributed by atoms with Crippen LogP contribution in [0.1, 0.15) is 25.5 Å². The van der Waals surface area contributed by atoms with Crippen molar-refractivity contribution in [2.75, 3.05) is 5.32 Å². The highest BCUT2D eigenvalue weighted by Crippen LogP contribution is 2.25. The first-order chi connectivity index (χ1) is 8.06. The van der Waals surface area contributed by atoms with Gasteiger partial charge in [-0.1, -0.05) is 13.8 Å². The van der Waals surface area contributed by atoms with E-state index in [2.05, 4.69) is 45.1 Å². The SMILES string of the molecule is CC(C)c1csc(Nc2ncc(Br)cc2F)n1. The molecular weight excluding hydrogens is 305 g/mol. The van der Waals surface area contributed by atoms with E-state index in [0.29, 0.717) is 15.5 Å². The van der Waals surface area contributed by atoms with E-state index < -0.39 is 5.82 Å². The van der Waals surface area contributed by atoms with Gasteiger partial charge in [0.25, 0.3) is 0 Å². The van der Waals surface area contributed by atoms with Crippen LogP contribution < -0.4 is 5.32 Å². The first-order valence-corrected chi connectivity index (χ1v) is 6.77. The summed E-state index contributed by atoms with van der Waals surface area (Å²) in [6.45, 7) is 4.13. The van der Waals surface area contributed by atoms with Crippen molar-refractivity contribution in [3.8, 4) is 0 Å². The van der Waals surface area contributed by atoms with Crippen LogP contribution in [0.2, 0.25) is 0 Å². The number of pyridine rings is 1. The average Bonchev–Trinajstić information content (AvgIpc) is 2.71. The summed E-state index contributed by atoms with van der Waals surface area (Å²) in [5, 5.41) is 5.49. The molecule has 0 fully saturated rings. The Bertz CT molecular complexity index is 527. The quantitative estimate of drug-likeness (QED) is 0.917. The summed E-state index contributed by atoms with van der Waals surface area (Å²) in [5.41, 5.74) is 0.995. The minimum Gasteiger partial charge on any atom is -0.314 e. The number of aromatic nitrogens is 2. The predicted octanol–water partition coefficient (Wildman–Crippen LogP) is 4.31. The van der Waals surface area contributed by atoms with Crippen LogP contribution in [0.25, 0.3) is 0 Å². The van der Waals surface area contributed by atoms with Gasteiger partial charge >= 0.3 is 0 Å². The fourth-order valence-corrected chi connectivity index (χ4v) is 2.39. The Labute approximate surface area is 111 Å². The maximum Gasteiger partial charge on any atom is 0.188 e. The Balaban J connectivity index is 2.19. The Hall–Kier alpha value is -1.01. The van der Waals surface area contributed by atoms with Crippen molar-refractivity contribution in [2.24, 2.45) is 0 Å². The number of rotatable bonds is 3. The molecule has 0 aliphatic heterocycles. The summed E-state index contributed by atoms with van der Waals surface area (Å²) >= 11 is 4.61. The molecule has 0 aliphatic carbocycles. The van der Waals surface area contributed by atoms with Crippen molar-refractivity contribution >= 4 is 38.2 Å². The third-order valence-electron chi connectivity index (χ3n) is 2.15. The normalized spacial score (nSPS) is 10.9. The standard InChI is InChI=1S/C11H11BrFN3S/c1-6(2)9-5-17-11(15-9)16-10-8(13)3-7(12)4-14-10/h3-6H,1-2H3,(H,14,15,16). The van der Waals surface area contributed by atoms with Gasteiger partial charge in [-0.2, -0.15) is 0 Å². The second-order valence-corrected chi connectivity index (χ2v) is 5.61. The highest BCUT2D eigenvalue weighted by molar-refractivity contribution is 9.10. The van der Waals surface area contributed by atoms with Gasteiger partial charge in [0.1, 0.15) is 0 Å². The number of hydrogen-bond donors (Lipinski definition) is 1. The van der Waals surface area contributed by atoms with Crippen LogP contribution in [-0.4, -0.2) is 9.97 Å². The van der Waals surface area contributed by atoms with E-state index >= 15 is 0 Å². The van der Waals surface area contributed by atoms with Crippen molar-refractivity contribution in [2.45, 2.75) is 19.8 Å². The molecule has 0 radical (unpaired) electrons. The maximum absolute atomic E-state index is 13.5. The number of nitrogens with one attached hydrogen (secondary N) is 1. The Morgan fingerprint density at radius 2 is 2.24 bits per heavy atom. The van der Waals surface area contributed by atoms with Crippen molar-refractivity contribution in [3.63, 3.8) is 0 Å². The maximum atomic E-state index is 13.5. The third-order valence-corrected chi connectivity index (χ3v) is 3.36. The molecule has 0 spiro atoms. The lowest BCUT2D eigenvalue weighted by atomic mass is 10.2. The highest BCUT2D eigenvalue weighted by Gasteiger charge is 2.09. The number of thiazole rings is 1. The molecule has 0 bridgehead atoms. The fourth-order valence-electron chi connectivity index (χ4n) is 1.22. The zero-order valence-corrected chi connectivity index (χ0v) is 11.8. The molecule has 6 heteroatoms. The molecule has 2 rings (SSSR count). The van der Waals surface area contributed by atoms with Gasteiger partial charge in [-0.15, -0.1) is 11.3 Å². The summed E-state index contributed by atoms with van der Waals surface area (Å²) in [7, 11) is 0. The van der Waals surface area contributed by atoms with Gasteiger partial charge in [-0.25, -0.2) is 14.4 Å². The number of nitrogens with zero attached hydrogens (tertiary/aromatic N) is 2. The van der Waals surface area contributed by atoms with Crippen LogP contribution in [0.5, 0.6) is 0 Å². The van der Waals surface area contributed by atoms with Crippen LogP contribution >= 0.6 is 27.3 Å². The molecule has 2 aromatic rings. The lowest BCUT2D eigenvalue weighted by Gasteiger charge is -2.03. The number of halogens is 2. The van der Waals surface area contributed by atoms with Crippen LogP contribution in [0.15, 0.2) is 22.1 Å². The molecule has 0 aliphatic rings. The fraction of sp³-hybridized carbons (Fsp3) is 0.273. The largest absolute Gasteiger partial charge is 0.314 e. The molecular formula is C11H11BrFN3S. The van der Waals surface area contributed by atoms with Crippen LogP contribution in [0.3, 0.4) is 0 Å². The van der Waals surface area contributed by atoms with Crippen molar-refractivity contribution < 1.29 is 4.39 Å². The van der Waals surface area contributed by atoms with Crippen LogP contribution in [0, 0.1) is 5.82 Å². The van der Waals surface area contributed by atoms with Crippen LogP contribution in [-0.2, 0) is 0 Å². The van der Waals surface area contributed by atoms with E-state index in [9.17, 15) is 4.39 Å². The predicted molar refractivity (Wildman–Crippen MR) is 71.4 cm³/mol. The average molecular weight is 316 g/mol. The minimum absolute atomic E-state index is 0.192. The summed E-state index contributed by atoms with van der Waals surface area (Å²) in [6.07, 6.45) is 1.54. The molecule has 0 aromatic carbocycles. The lowest BCUT2D eigenvalue weighted by Crippen LogP contribution is -1.97. The van der Waals surface area contributed by atoms with Crippen LogP contribution in [0.4, 0.5) is 15.3 Å². The topological polar surface area (TPSA) is 37.8 Å². The zero-order valence-electron chi connectivity index (χ0n) is 9.37. The van der Waals surface area contributed by atoms with Crippen molar-refractivity contribution in [3.05, 3.63) is 33.6 Å². The highest BCUT2D eigenvalue weighted by atomic mass is 79.9. The summed E-state index contributed by atoms with van der Waals surface area (Å²) in [4.78, 5) is 8.32. The molecule has 90 valence electrons. The summed E-state index contributed by atoms with van der Waals surface area (Å²) < 4.78 is 14.1. The molecule has 0 saturated heterocycles. The minimum atomic E-state index is -0.402. The van der Waals surface area contributed by atoms with E-state index in [1.807, 2.05) is 5.38 Å². The molecule has 0 atom stereocenters. The van der Waals surface area contributed by atoms with Crippen molar-refractivity contribution in [1.82, 2.24) is 9.97 Å². The molecule has 0 amide bonds. The van der Waals surface area contributed by atoms with Gasteiger partial charge in [0.05, 0.1) is 5.69 Å². The van der Waals surface area contributed by atoms with Gasteiger partial charge in [0.15, 0.2) is 16.8 Å². The van der Waals surface area contributed by atoms with Gasteiger partial charge in [0.2, 0.25) is 0 Å². The summed E-state index contributed by atoms with van der Waals surface area (Å²) in [5.74, 6) is 0.156. The van der Waals surface area contributed by atoms with E-state index in [1.54, 1.807) is 6.20 Å². The monoisotopic (exact) mass is 315 g/mol. The second-order valence-electron chi connectivity index (χ2n) is 3.84. The number of anilines is 2. The molecule has 1 N–H and O–H groups in total. The van der Waals surface area contributed by atoms with E-state index in [4.69, 9.17) is 0 Å². The zero-order chi connectivity index (χ0) is 12.4. The van der Waals surface area contributed by atoms with E-state index in [-0.39, 0.29) is 5.82 Å². The molecule has 3 nitrogen and oxygen atoms in total. The number of hydrogen-bond acceptors (Lipinski definition) is 4. The molecule has 0 saturated carbocycles. The lowest BCUT2D eigenvalue weighted by molar-refractivity contribution is 0.625. The Morgan fingerprint density at radius 3 is 2.82 bits per heavy atom. The smallest absolute Gasteiger partial charge is 0.188 e. The van der Waals surface area contributed by atoms with E-state index in [1.165, 1.54) is 17.4 Å². The molecule has 2 heterocycles.